The van der Waals surface area contributed by atoms with Crippen LogP contribution in [0, 0.1) is 42.9 Å². The van der Waals surface area contributed by atoms with Gasteiger partial charge in [0.2, 0.25) is 0 Å². The maximum absolute atomic E-state index is 12.3. The molecule has 0 aliphatic heterocycles. The lowest BCUT2D eigenvalue weighted by Gasteiger charge is -2.11. The highest BCUT2D eigenvalue weighted by Crippen LogP contribution is 2.31. The zero-order valence-corrected chi connectivity index (χ0v) is 18.8. The molecule has 0 unspecified atom stereocenters. The molecule has 188 valence electrons. The number of non-ortho nitro benzene ring substituents is 2. The second-order valence-electron chi connectivity index (χ2n) is 6.90. The van der Waals surface area contributed by atoms with E-state index in [2.05, 4.69) is 0 Å². The van der Waals surface area contributed by atoms with Gasteiger partial charge < -0.3 is 18.9 Å². The molecule has 0 saturated heterocycles. The Morgan fingerprint density at radius 1 is 0.684 bits per heavy atom. The van der Waals surface area contributed by atoms with E-state index in [1.165, 1.54) is 24.3 Å². The summed E-state index contributed by atoms with van der Waals surface area (Å²) in [5.74, 6) is -0.868. The molecule has 0 heterocycles. The van der Waals surface area contributed by atoms with Crippen LogP contribution in [-0.2, 0) is 0 Å². The highest BCUT2D eigenvalue weighted by Gasteiger charge is 2.18. The van der Waals surface area contributed by atoms with Gasteiger partial charge in [0.1, 0.15) is 29.2 Å². The Balaban J connectivity index is 1.81. The minimum atomic E-state index is -1.31. The van der Waals surface area contributed by atoms with Gasteiger partial charge in [-0.1, -0.05) is 6.07 Å². The highest BCUT2D eigenvalue weighted by molar-refractivity contribution is 5.73. The summed E-state index contributed by atoms with van der Waals surface area (Å²) in [6.07, 6.45) is -1.42. The van der Waals surface area contributed by atoms with Gasteiger partial charge in [0, 0.05) is 24.3 Å². The first kappa shape index (κ1) is 26.3. The number of hydrogen-bond acceptors (Lipinski definition) is 12. The van der Waals surface area contributed by atoms with E-state index in [1.807, 2.05) is 0 Å². The fourth-order valence-corrected chi connectivity index (χ4v) is 2.72. The zero-order valence-electron chi connectivity index (χ0n) is 18.8. The molecule has 0 aliphatic rings. The van der Waals surface area contributed by atoms with E-state index in [-0.39, 0.29) is 45.5 Å². The van der Waals surface area contributed by atoms with Crippen LogP contribution in [0.5, 0.6) is 23.0 Å². The Morgan fingerprint density at radius 2 is 1.13 bits per heavy atom. The first-order valence-electron chi connectivity index (χ1n) is 10.1. The van der Waals surface area contributed by atoms with E-state index < -0.39 is 22.2 Å². The quantitative estimate of drug-likeness (QED) is 0.132. The third-order valence-electron chi connectivity index (χ3n) is 4.40. The normalized spacial score (nSPS) is 9.63. The van der Waals surface area contributed by atoms with Crippen LogP contribution in [0.4, 0.5) is 21.0 Å². The van der Waals surface area contributed by atoms with Crippen LogP contribution < -0.4 is 18.9 Å². The van der Waals surface area contributed by atoms with Crippen molar-refractivity contribution in [1.29, 1.82) is 10.5 Å². The number of carbonyl (C=O) groups is 2. The molecular weight excluding hydrogens is 504 g/mol. The molecule has 3 aromatic carbocycles. The number of nitrogens with zero attached hydrogens (tertiary/aromatic N) is 4. The molecule has 0 saturated carbocycles. The third-order valence-corrected chi connectivity index (χ3v) is 4.40. The van der Waals surface area contributed by atoms with Gasteiger partial charge >= 0.3 is 12.3 Å². The van der Waals surface area contributed by atoms with Gasteiger partial charge in [-0.25, -0.2) is 9.59 Å². The predicted octanol–water partition coefficient (Wildman–Crippen LogP) is 5.09. The number of rotatable bonds is 7. The summed E-state index contributed by atoms with van der Waals surface area (Å²) in [5, 5.41) is 39.4. The van der Waals surface area contributed by atoms with Crippen molar-refractivity contribution >= 4 is 29.8 Å². The van der Waals surface area contributed by atoms with E-state index in [0.29, 0.717) is 0 Å². The van der Waals surface area contributed by atoms with Crippen molar-refractivity contribution in [3.8, 4) is 35.1 Å². The first-order valence-corrected chi connectivity index (χ1v) is 10.1. The molecule has 14 nitrogen and oxygen atoms in total. The lowest BCUT2D eigenvalue weighted by atomic mass is 10.1. The molecule has 0 atom stereocenters. The highest BCUT2D eigenvalue weighted by atomic mass is 16.7. The molecule has 0 N–H and O–H groups in total. The second kappa shape index (κ2) is 11.9. The van der Waals surface area contributed by atoms with Crippen molar-refractivity contribution in [3.63, 3.8) is 0 Å². The summed E-state index contributed by atoms with van der Waals surface area (Å²) in [5.41, 5.74) is -0.517. The van der Waals surface area contributed by atoms with Crippen LogP contribution in [0.25, 0.3) is 6.08 Å². The van der Waals surface area contributed by atoms with Crippen molar-refractivity contribution in [2.45, 2.75) is 0 Å². The Morgan fingerprint density at radius 3 is 1.55 bits per heavy atom. The van der Waals surface area contributed by atoms with Crippen molar-refractivity contribution in [3.05, 3.63) is 98.1 Å². The molecule has 0 spiro atoms. The molecule has 38 heavy (non-hydrogen) atoms. The molecule has 0 fully saturated rings. The van der Waals surface area contributed by atoms with Crippen LogP contribution in [0.1, 0.15) is 5.56 Å². The fourth-order valence-electron chi connectivity index (χ4n) is 2.72. The van der Waals surface area contributed by atoms with Crippen LogP contribution in [-0.4, -0.2) is 22.2 Å². The Kier molecular flexibility index (Phi) is 8.26. The minimum absolute atomic E-state index is 0.0760. The standard InChI is InChI=1S/C24H12N4O10/c25-13-16(14-26)11-15-1-10-21(37-23(29)35-19-6-2-17(3-7-19)27(31)32)22(12-15)38-24(30)36-20-8-4-18(5-9-20)28(33)34/h1-12H. The zero-order chi connectivity index (χ0) is 27.7. The van der Waals surface area contributed by atoms with E-state index in [1.54, 1.807) is 12.1 Å². The molecule has 0 bridgehead atoms. The van der Waals surface area contributed by atoms with Crippen LogP contribution in [0.3, 0.4) is 0 Å². The molecular formula is C24H12N4O10. The summed E-state index contributed by atoms with van der Waals surface area (Å²) in [6, 6.07) is 16.1. The maximum Gasteiger partial charge on any atom is 0.519 e. The van der Waals surface area contributed by atoms with Gasteiger partial charge in [0.15, 0.2) is 11.5 Å². The van der Waals surface area contributed by atoms with E-state index in [4.69, 9.17) is 29.5 Å². The van der Waals surface area contributed by atoms with Crippen molar-refractivity contribution in [2.24, 2.45) is 0 Å². The van der Waals surface area contributed by atoms with Crippen LogP contribution in [0.15, 0.2) is 72.3 Å². The Labute approximate surface area is 212 Å². The van der Waals surface area contributed by atoms with Gasteiger partial charge in [-0.2, -0.15) is 10.5 Å². The number of benzene rings is 3. The number of hydrogen-bond donors (Lipinski definition) is 0. The summed E-state index contributed by atoms with van der Waals surface area (Å²) >= 11 is 0. The summed E-state index contributed by atoms with van der Waals surface area (Å²) in [4.78, 5) is 44.8. The van der Waals surface area contributed by atoms with Gasteiger partial charge in [0.05, 0.1) is 9.85 Å². The Hall–Kier alpha value is -6.28. The molecule has 3 rings (SSSR count). The van der Waals surface area contributed by atoms with E-state index in [9.17, 15) is 29.8 Å². The van der Waals surface area contributed by atoms with Crippen molar-refractivity contribution in [2.75, 3.05) is 0 Å². The fraction of sp³-hybridized carbons (Fsp3) is 0. The number of allylic oxidation sites excluding steroid dienone is 1. The summed E-state index contributed by atoms with van der Waals surface area (Å²) in [6.45, 7) is 0. The molecule has 0 aromatic heterocycles. The minimum Gasteiger partial charge on any atom is -0.395 e. The lowest BCUT2D eigenvalue weighted by molar-refractivity contribution is -0.385. The number of ether oxygens (including phenoxy) is 4. The predicted molar refractivity (Wildman–Crippen MR) is 125 cm³/mol. The van der Waals surface area contributed by atoms with Crippen LogP contribution in [0.2, 0.25) is 0 Å². The van der Waals surface area contributed by atoms with Crippen molar-refractivity contribution in [1.82, 2.24) is 0 Å². The number of nitro benzene ring substituents is 2. The molecule has 0 amide bonds. The second-order valence-corrected chi connectivity index (χ2v) is 6.90. The first-order chi connectivity index (χ1) is 18.2. The average molecular weight is 516 g/mol. The van der Waals surface area contributed by atoms with Crippen LogP contribution >= 0.6 is 0 Å². The van der Waals surface area contributed by atoms with Crippen molar-refractivity contribution < 1.29 is 38.4 Å². The van der Waals surface area contributed by atoms with E-state index in [0.717, 1.165) is 48.5 Å². The Bertz CT molecular complexity index is 1500. The summed E-state index contributed by atoms with van der Waals surface area (Å²) < 4.78 is 20.1. The molecule has 0 aliphatic carbocycles. The number of nitriles is 2. The number of nitro groups is 2. The third kappa shape index (κ3) is 7.11. The van der Waals surface area contributed by atoms with Gasteiger partial charge in [-0.15, -0.1) is 0 Å². The molecule has 3 aromatic rings. The monoisotopic (exact) mass is 516 g/mol. The van der Waals surface area contributed by atoms with Gasteiger partial charge in [-0.3, -0.25) is 20.2 Å². The topological polar surface area (TPSA) is 205 Å². The SMILES string of the molecule is N#CC(C#N)=Cc1ccc(OC(=O)Oc2ccc([N+](=O)[O-])cc2)c(OC(=O)Oc2ccc([N+](=O)[O-])cc2)c1. The molecule has 14 heteroatoms. The van der Waals surface area contributed by atoms with Gasteiger partial charge in [-0.05, 0) is 48.0 Å². The maximum atomic E-state index is 12.3. The lowest BCUT2D eigenvalue weighted by Crippen LogP contribution is -2.17. The molecule has 0 radical (unpaired) electrons. The largest absolute Gasteiger partial charge is 0.519 e. The smallest absolute Gasteiger partial charge is 0.395 e. The summed E-state index contributed by atoms with van der Waals surface area (Å²) in [7, 11) is 0. The van der Waals surface area contributed by atoms with E-state index >= 15 is 0 Å². The average Bonchev–Trinajstić information content (AvgIpc) is 2.89. The van der Waals surface area contributed by atoms with Gasteiger partial charge in [0.25, 0.3) is 11.4 Å². The number of carbonyl (C=O) groups excluding carboxylic acids is 2.